The lowest BCUT2D eigenvalue weighted by Crippen LogP contribution is -2.18. The van der Waals surface area contributed by atoms with Crippen LogP contribution in [0.15, 0.2) is 0 Å². The third-order valence-corrected chi connectivity index (χ3v) is 2.09. The van der Waals surface area contributed by atoms with Crippen LogP contribution in [0.5, 0.6) is 0 Å². The minimum atomic E-state index is -0.204. The summed E-state index contributed by atoms with van der Waals surface area (Å²) < 4.78 is 15.3. The van der Waals surface area contributed by atoms with Gasteiger partial charge in [0, 0.05) is 13.7 Å². The molecule has 0 aromatic carbocycles. The smallest absolute Gasteiger partial charge is 0.308 e. The maximum absolute atomic E-state index is 11.1. The molecule has 0 N–H and O–H groups in total. The van der Waals surface area contributed by atoms with E-state index in [0.717, 1.165) is 6.42 Å². The second-order valence-corrected chi connectivity index (χ2v) is 3.53. The van der Waals surface area contributed by atoms with Crippen molar-refractivity contribution in [2.45, 2.75) is 45.8 Å². The zero-order chi connectivity index (χ0) is 11.7. The molecular formula is C11H22O4. The van der Waals surface area contributed by atoms with Gasteiger partial charge in [0.2, 0.25) is 0 Å². The largest absolute Gasteiger partial charge is 0.466 e. The van der Waals surface area contributed by atoms with Crippen LogP contribution in [0.25, 0.3) is 0 Å². The molecule has 0 aromatic heterocycles. The lowest BCUT2D eigenvalue weighted by atomic mass is 10.2. The molecule has 2 atom stereocenters. The summed E-state index contributed by atoms with van der Waals surface area (Å²) in [5.74, 6) is -0.204. The van der Waals surface area contributed by atoms with Crippen molar-refractivity contribution in [1.82, 2.24) is 0 Å². The summed E-state index contributed by atoms with van der Waals surface area (Å²) in [4.78, 5) is 11.1. The Bertz CT molecular complexity index is 170. The lowest BCUT2D eigenvalue weighted by Gasteiger charge is -2.14. The molecule has 0 rings (SSSR count). The van der Waals surface area contributed by atoms with E-state index in [1.165, 1.54) is 0 Å². The zero-order valence-electron chi connectivity index (χ0n) is 10.1. The highest BCUT2D eigenvalue weighted by molar-refractivity contribution is 5.69. The van der Waals surface area contributed by atoms with E-state index in [9.17, 15) is 4.79 Å². The molecule has 0 heterocycles. The Kier molecular flexibility index (Phi) is 8.33. The van der Waals surface area contributed by atoms with Crippen LogP contribution in [-0.4, -0.2) is 38.5 Å². The highest BCUT2D eigenvalue weighted by Crippen LogP contribution is 2.02. The molecule has 0 spiro atoms. The zero-order valence-corrected chi connectivity index (χ0v) is 10.1. The van der Waals surface area contributed by atoms with Crippen LogP contribution in [0, 0.1) is 0 Å². The van der Waals surface area contributed by atoms with Crippen molar-refractivity contribution in [2.24, 2.45) is 0 Å². The van der Waals surface area contributed by atoms with Crippen LogP contribution in [0.1, 0.15) is 33.6 Å². The molecule has 0 radical (unpaired) electrons. The van der Waals surface area contributed by atoms with Gasteiger partial charge in [0.05, 0.1) is 25.2 Å². The number of hydrogen-bond acceptors (Lipinski definition) is 4. The number of esters is 1. The predicted molar refractivity (Wildman–Crippen MR) is 57.8 cm³/mol. The first-order valence-corrected chi connectivity index (χ1v) is 5.40. The molecule has 0 saturated carbocycles. The Labute approximate surface area is 91.9 Å². The summed E-state index contributed by atoms with van der Waals surface area (Å²) >= 11 is 0. The van der Waals surface area contributed by atoms with Crippen molar-refractivity contribution in [1.29, 1.82) is 0 Å². The van der Waals surface area contributed by atoms with Crippen molar-refractivity contribution >= 4 is 5.97 Å². The fourth-order valence-corrected chi connectivity index (χ4v) is 1.07. The number of carbonyl (C=O) groups excluding carboxylic acids is 1. The molecule has 4 heteroatoms. The number of methoxy groups -OCH3 is 1. The van der Waals surface area contributed by atoms with Crippen molar-refractivity contribution in [3.05, 3.63) is 0 Å². The van der Waals surface area contributed by atoms with Crippen molar-refractivity contribution in [2.75, 3.05) is 20.3 Å². The third kappa shape index (κ3) is 8.39. The van der Waals surface area contributed by atoms with Crippen LogP contribution in [0.4, 0.5) is 0 Å². The van der Waals surface area contributed by atoms with Gasteiger partial charge in [-0.05, 0) is 27.2 Å². The summed E-state index contributed by atoms with van der Waals surface area (Å²) in [5.41, 5.74) is 0. The van der Waals surface area contributed by atoms with Gasteiger partial charge in [-0.15, -0.1) is 0 Å². The Morgan fingerprint density at radius 2 is 1.93 bits per heavy atom. The fourth-order valence-electron chi connectivity index (χ4n) is 1.07. The Balaban J connectivity index is 3.48. The first kappa shape index (κ1) is 14.4. The number of carbonyl (C=O) groups is 1. The molecule has 15 heavy (non-hydrogen) atoms. The van der Waals surface area contributed by atoms with Gasteiger partial charge < -0.3 is 14.2 Å². The number of ether oxygens (including phenoxy) is 3. The van der Waals surface area contributed by atoms with Crippen LogP contribution in [0.3, 0.4) is 0 Å². The Hall–Kier alpha value is -0.610. The molecule has 0 saturated heterocycles. The topological polar surface area (TPSA) is 44.8 Å². The van der Waals surface area contributed by atoms with E-state index in [-0.39, 0.29) is 18.2 Å². The maximum atomic E-state index is 11.1. The molecule has 0 aliphatic rings. The standard InChI is InChI=1S/C11H22O4/c1-5-14-11(12)8-10(3)15-7-6-9(2)13-4/h9-10H,5-8H2,1-4H3. The summed E-state index contributed by atoms with van der Waals surface area (Å²) in [7, 11) is 1.67. The first-order chi connectivity index (χ1) is 7.10. The van der Waals surface area contributed by atoms with Crippen LogP contribution < -0.4 is 0 Å². The molecule has 90 valence electrons. The monoisotopic (exact) mass is 218 g/mol. The van der Waals surface area contributed by atoms with E-state index in [4.69, 9.17) is 14.2 Å². The molecule has 0 bridgehead atoms. The van der Waals surface area contributed by atoms with E-state index in [1.54, 1.807) is 14.0 Å². The normalized spacial score (nSPS) is 14.7. The fraction of sp³-hybridized carbons (Fsp3) is 0.909. The average Bonchev–Trinajstić information content (AvgIpc) is 2.17. The van der Waals surface area contributed by atoms with Gasteiger partial charge in [-0.3, -0.25) is 4.79 Å². The van der Waals surface area contributed by atoms with Gasteiger partial charge in [-0.25, -0.2) is 0 Å². The van der Waals surface area contributed by atoms with Gasteiger partial charge in [0.25, 0.3) is 0 Å². The van der Waals surface area contributed by atoms with Gasteiger partial charge in [-0.1, -0.05) is 0 Å². The average molecular weight is 218 g/mol. The first-order valence-electron chi connectivity index (χ1n) is 5.40. The van der Waals surface area contributed by atoms with Crippen molar-refractivity contribution in [3.8, 4) is 0 Å². The summed E-state index contributed by atoms with van der Waals surface area (Å²) in [6.45, 7) is 6.68. The third-order valence-electron chi connectivity index (χ3n) is 2.09. The summed E-state index contributed by atoms with van der Waals surface area (Å²) in [6.07, 6.45) is 1.26. The second-order valence-electron chi connectivity index (χ2n) is 3.53. The van der Waals surface area contributed by atoms with Crippen LogP contribution in [0.2, 0.25) is 0 Å². The molecule has 4 nitrogen and oxygen atoms in total. The van der Waals surface area contributed by atoms with Gasteiger partial charge in [-0.2, -0.15) is 0 Å². The quantitative estimate of drug-likeness (QED) is 0.582. The van der Waals surface area contributed by atoms with E-state index < -0.39 is 0 Å². The summed E-state index contributed by atoms with van der Waals surface area (Å²) in [5, 5.41) is 0. The SMILES string of the molecule is CCOC(=O)CC(C)OCCC(C)OC. The second kappa shape index (κ2) is 8.68. The summed E-state index contributed by atoms with van der Waals surface area (Å²) in [6, 6.07) is 0. The minimum absolute atomic E-state index is 0.0897. The van der Waals surface area contributed by atoms with Gasteiger partial charge >= 0.3 is 5.97 Å². The molecule has 0 aliphatic heterocycles. The Morgan fingerprint density at radius 3 is 2.47 bits per heavy atom. The van der Waals surface area contributed by atoms with E-state index in [1.807, 2.05) is 13.8 Å². The van der Waals surface area contributed by atoms with E-state index in [0.29, 0.717) is 19.6 Å². The molecule has 0 fully saturated rings. The van der Waals surface area contributed by atoms with Crippen LogP contribution in [-0.2, 0) is 19.0 Å². The molecule has 2 unspecified atom stereocenters. The minimum Gasteiger partial charge on any atom is -0.466 e. The van der Waals surface area contributed by atoms with Gasteiger partial charge in [0.1, 0.15) is 0 Å². The lowest BCUT2D eigenvalue weighted by molar-refractivity contribution is -0.146. The highest BCUT2D eigenvalue weighted by atomic mass is 16.5. The molecule has 0 amide bonds. The van der Waals surface area contributed by atoms with Gasteiger partial charge in [0.15, 0.2) is 0 Å². The van der Waals surface area contributed by atoms with Crippen molar-refractivity contribution < 1.29 is 19.0 Å². The molecule has 0 aromatic rings. The highest BCUT2D eigenvalue weighted by Gasteiger charge is 2.10. The number of rotatable bonds is 8. The molecular weight excluding hydrogens is 196 g/mol. The Morgan fingerprint density at radius 1 is 1.27 bits per heavy atom. The molecule has 0 aliphatic carbocycles. The van der Waals surface area contributed by atoms with Crippen LogP contribution >= 0.6 is 0 Å². The van der Waals surface area contributed by atoms with Crippen molar-refractivity contribution in [3.63, 3.8) is 0 Å². The maximum Gasteiger partial charge on any atom is 0.308 e. The number of hydrogen-bond donors (Lipinski definition) is 0. The van der Waals surface area contributed by atoms with E-state index >= 15 is 0 Å². The predicted octanol–water partition coefficient (Wildman–Crippen LogP) is 1.77. The van der Waals surface area contributed by atoms with E-state index in [2.05, 4.69) is 0 Å².